The van der Waals surface area contributed by atoms with Gasteiger partial charge in [0, 0.05) is 25.2 Å². The third-order valence-electron chi connectivity index (χ3n) is 3.67. The van der Waals surface area contributed by atoms with E-state index in [4.69, 9.17) is 0 Å². The fourth-order valence-electron chi connectivity index (χ4n) is 2.52. The lowest BCUT2D eigenvalue weighted by Crippen LogP contribution is -2.27. The number of carbonyl (C=O) groups excluding carboxylic acids is 1. The zero-order chi connectivity index (χ0) is 16.9. The van der Waals surface area contributed by atoms with Gasteiger partial charge in [-0.3, -0.25) is 9.78 Å². The number of nitrogens with one attached hydrogen (secondary N) is 3. The van der Waals surface area contributed by atoms with Gasteiger partial charge in [-0.1, -0.05) is 18.2 Å². The summed E-state index contributed by atoms with van der Waals surface area (Å²) in [6.45, 7) is 1.93. The summed E-state index contributed by atoms with van der Waals surface area (Å²) in [5, 5.41) is 13.3. The highest BCUT2D eigenvalue weighted by Crippen LogP contribution is 2.21. The van der Waals surface area contributed by atoms with E-state index in [0.717, 1.165) is 11.3 Å². The Balaban J connectivity index is 1.65. The van der Waals surface area contributed by atoms with Crippen LogP contribution in [-0.2, 0) is 11.2 Å². The van der Waals surface area contributed by atoms with Crippen LogP contribution in [0.3, 0.4) is 0 Å². The predicted octanol–water partition coefficient (Wildman–Crippen LogP) is 1.09. The summed E-state index contributed by atoms with van der Waals surface area (Å²) >= 11 is 0. The minimum atomic E-state index is -0.369. The van der Waals surface area contributed by atoms with Crippen LogP contribution < -0.4 is 11.0 Å². The Morgan fingerprint density at radius 2 is 2.17 bits per heavy atom. The van der Waals surface area contributed by atoms with Crippen molar-refractivity contribution >= 4 is 5.91 Å². The third kappa shape index (κ3) is 3.60. The third-order valence-corrected chi connectivity index (χ3v) is 3.67. The average Bonchev–Trinajstić information content (AvgIpc) is 3.24. The number of amides is 1. The number of carbonyl (C=O) groups is 1. The molecular formula is C16H18N6O2. The Kier molecular flexibility index (Phi) is 4.55. The fraction of sp³-hybridized carbons (Fsp3) is 0.250. The molecule has 0 radical (unpaired) electrons. The summed E-state index contributed by atoms with van der Waals surface area (Å²) in [5.41, 5.74) is 1.53. The van der Waals surface area contributed by atoms with E-state index in [-0.39, 0.29) is 24.1 Å². The zero-order valence-corrected chi connectivity index (χ0v) is 13.2. The van der Waals surface area contributed by atoms with Gasteiger partial charge in [-0.25, -0.2) is 14.6 Å². The molecule has 0 saturated heterocycles. The lowest BCUT2D eigenvalue weighted by molar-refractivity contribution is -0.121. The molecule has 1 unspecified atom stereocenters. The lowest BCUT2D eigenvalue weighted by Gasteiger charge is -2.18. The summed E-state index contributed by atoms with van der Waals surface area (Å²) in [5.74, 6) is 0.362. The van der Waals surface area contributed by atoms with E-state index in [1.54, 1.807) is 10.9 Å². The van der Waals surface area contributed by atoms with Gasteiger partial charge in [0.25, 0.3) is 0 Å². The number of rotatable bonds is 6. The molecule has 0 fully saturated rings. The molecule has 1 atom stereocenters. The topological polar surface area (TPSA) is 108 Å². The first-order valence-corrected chi connectivity index (χ1v) is 7.65. The first-order chi connectivity index (χ1) is 11.6. The van der Waals surface area contributed by atoms with E-state index in [2.05, 4.69) is 25.6 Å². The van der Waals surface area contributed by atoms with Crippen molar-refractivity contribution in [2.75, 3.05) is 0 Å². The molecule has 3 N–H and O–H groups in total. The van der Waals surface area contributed by atoms with E-state index in [9.17, 15) is 9.59 Å². The van der Waals surface area contributed by atoms with E-state index < -0.39 is 0 Å². The number of aryl methyl sites for hydroxylation is 1. The van der Waals surface area contributed by atoms with Crippen molar-refractivity contribution in [3.8, 4) is 5.69 Å². The van der Waals surface area contributed by atoms with Gasteiger partial charge < -0.3 is 5.32 Å². The number of hydrogen-bond donors (Lipinski definition) is 3. The number of para-hydroxylation sites is 1. The Bertz CT molecular complexity index is 865. The van der Waals surface area contributed by atoms with Crippen LogP contribution >= 0.6 is 0 Å². The van der Waals surface area contributed by atoms with E-state index in [1.807, 2.05) is 43.5 Å². The summed E-state index contributed by atoms with van der Waals surface area (Å²) < 4.78 is 1.77. The highest BCUT2D eigenvalue weighted by Gasteiger charge is 2.14. The highest BCUT2D eigenvalue weighted by molar-refractivity contribution is 5.76. The first kappa shape index (κ1) is 15.7. The molecule has 2 heterocycles. The maximum Gasteiger partial charge on any atom is 0.340 e. The minimum Gasteiger partial charge on any atom is -0.349 e. The molecule has 0 aliphatic carbocycles. The molecule has 24 heavy (non-hydrogen) atoms. The van der Waals surface area contributed by atoms with Crippen molar-refractivity contribution < 1.29 is 4.79 Å². The Hall–Kier alpha value is -3.16. The predicted molar refractivity (Wildman–Crippen MR) is 87.7 cm³/mol. The van der Waals surface area contributed by atoms with E-state index in [1.165, 1.54) is 0 Å². The summed E-state index contributed by atoms with van der Waals surface area (Å²) in [7, 11) is 0. The molecular weight excluding hydrogens is 308 g/mol. The zero-order valence-electron chi connectivity index (χ0n) is 13.2. The number of aromatic nitrogens is 5. The number of benzene rings is 1. The molecule has 8 heteroatoms. The number of hydrogen-bond acceptors (Lipinski definition) is 4. The van der Waals surface area contributed by atoms with E-state index in [0.29, 0.717) is 12.2 Å². The molecule has 0 bridgehead atoms. The standard InChI is InChI=1S/C16H18N6O2/c1-11(18-15(23)8-7-14-19-16(24)21-20-14)12-5-2-3-6-13(12)22-10-4-9-17-22/h2-6,9-11H,7-8H2,1H3,(H,18,23)(H2,19,20,21,24). The van der Waals surface area contributed by atoms with Crippen molar-refractivity contribution in [1.82, 2.24) is 30.3 Å². The number of aromatic amines is 2. The van der Waals surface area contributed by atoms with Crippen LogP contribution in [-0.4, -0.2) is 30.9 Å². The van der Waals surface area contributed by atoms with Crippen LogP contribution in [0.1, 0.15) is 30.8 Å². The minimum absolute atomic E-state index is 0.110. The van der Waals surface area contributed by atoms with Crippen molar-refractivity contribution in [2.24, 2.45) is 0 Å². The highest BCUT2D eigenvalue weighted by atomic mass is 16.2. The molecule has 3 aromatic rings. The van der Waals surface area contributed by atoms with Gasteiger partial charge in [0.2, 0.25) is 5.91 Å². The molecule has 1 aromatic carbocycles. The largest absolute Gasteiger partial charge is 0.349 e. The van der Waals surface area contributed by atoms with Gasteiger partial charge in [0.05, 0.1) is 11.7 Å². The normalized spacial score (nSPS) is 12.0. The second-order valence-electron chi connectivity index (χ2n) is 5.42. The number of H-pyrrole nitrogens is 2. The quantitative estimate of drug-likeness (QED) is 0.630. The SMILES string of the molecule is CC(NC(=O)CCc1n[nH]c(=O)[nH]1)c1ccccc1-n1cccn1. The summed E-state index contributed by atoms with van der Waals surface area (Å²) in [4.78, 5) is 25.6. The van der Waals surface area contributed by atoms with Crippen LogP contribution in [0.2, 0.25) is 0 Å². The van der Waals surface area contributed by atoms with Crippen molar-refractivity contribution in [2.45, 2.75) is 25.8 Å². The van der Waals surface area contributed by atoms with Crippen LogP contribution in [0.25, 0.3) is 5.69 Å². The molecule has 124 valence electrons. The maximum absolute atomic E-state index is 12.1. The second-order valence-corrected chi connectivity index (χ2v) is 5.42. The van der Waals surface area contributed by atoms with Gasteiger partial charge in [-0.15, -0.1) is 0 Å². The monoisotopic (exact) mass is 326 g/mol. The second kappa shape index (κ2) is 6.95. The van der Waals surface area contributed by atoms with Crippen LogP contribution in [0.5, 0.6) is 0 Å². The van der Waals surface area contributed by atoms with Crippen molar-refractivity contribution in [3.63, 3.8) is 0 Å². The Labute approximate surface area is 137 Å². The van der Waals surface area contributed by atoms with Gasteiger partial charge in [0.15, 0.2) is 0 Å². The van der Waals surface area contributed by atoms with Crippen LogP contribution in [0.4, 0.5) is 0 Å². The molecule has 0 aliphatic heterocycles. The molecule has 1 amide bonds. The smallest absolute Gasteiger partial charge is 0.340 e. The fourth-order valence-corrected chi connectivity index (χ4v) is 2.52. The Morgan fingerprint density at radius 3 is 2.88 bits per heavy atom. The molecule has 8 nitrogen and oxygen atoms in total. The molecule has 2 aromatic heterocycles. The van der Waals surface area contributed by atoms with Crippen molar-refractivity contribution in [3.05, 3.63) is 64.6 Å². The number of nitrogens with zero attached hydrogens (tertiary/aromatic N) is 3. The average molecular weight is 326 g/mol. The summed E-state index contributed by atoms with van der Waals surface area (Å²) in [6, 6.07) is 9.47. The first-order valence-electron chi connectivity index (χ1n) is 7.65. The maximum atomic E-state index is 12.1. The van der Waals surface area contributed by atoms with Crippen LogP contribution in [0.15, 0.2) is 47.5 Å². The molecule has 0 saturated carbocycles. The summed E-state index contributed by atoms with van der Waals surface area (Å²) in [6.07, 6.45) is 4.19. The van der Waals surface area contributed by atoms with Gasteiger partial charge in [-0.05, 0) is 24.6 Å². The molecule has 0 spiro atoms. The van der Waals surface area contributed by atoms with Gasteiger partial charge in [0.1, 0.15) is 5.82 Å². The molecule has 3 rings (SSSR count). The lowest BCUT2D eigenvalue weighted by atomic mass is 10.1. The van der Waals surface area contributed by atoms with Crippen molar-refractivity contribution in [1.29, 1.82) is 0 Å². The van der Waals surface area contributed by atoms with Crippen LogP contribution in [0, 0.1) is 0 Å². The molecule has 0 aliphatic rings. The van der Waals surface area contributed by atoms with E-state index >= 15 is 0 Å². The van der Waals surface area contributed by atoms with Gasteiger partial charge in [-0.2, -0.15) is 10.2 Å². The Morgan fingerprint density at radius 1 is 1.33 bits per heavy atom. The van der Waals surface area contributed by atoms with Gasteiger partial charge >= 0.3 is 5.69 Å².